The number of amides is 1. The van der Waals surface area contributed by atoms with Crippen LogP contribution >= 0.6 is 12.6 Å². The molecule has 1 saturated heterocycles. The van der Waals surface area contributed by atoms with E-state index in [1.54, 1.807) is 0 Å². The lowest BCUT2D eigenvalue weighted by Crippen LogP contribution is -2.51. The SMILES string of the molecule is C=C(/C=C\S)/C(N)=C1\CN(C(=O)CC(N)Cc2cc(F)ccc2F)CCN1CC(F)(F)F.CF. The number of piperazine rings is 1. The van der Waals surface area contributed by atoms with Gasteiger partial charge in [0, 0.05) is 25.6 Å². The van der Waals surface area contributed by atoms with Gasteiger partial charge in [-0.1, -0.05) is 6.58 Å². The summed E-state index contributed by atoms with van der Waals surface area (Å²) in [6, 6.07) is 2.16. The molecule has 1 aliphatic rings. The first-order valence-corrected chi connectivity index (χ1v) is 10.6. The van der Waals surface area contributed by atoms with E-state index in [2.05, 4.69) is 19.2 Å². The van der Waals surface area contributed by atoms with Gasteiger partial charge in [0.25, 0.3) is 0 Å². The highest BCUT2D eigenvalue weighted by molar-refractivity contribution is 7.83. The molecule has 190 valence electrons. The summed E-state index contributed by atoms with van der Waals surface area (Å²) in [6.07, 6.45) is -3.30. The average molecular weight is 511 g/mol. The highest BCUT2D eigenvalue weighted by atomic mass is 32.1. The van der Waals surface area contributed by atoms with Gasteiger partial charge in [-0.05, 0) is 47.2 Å². The van der Waals surface area contributed by atoms with Crippen molar-refractivity contribution < 1.29 is 31.1 Å². The minimum Gasteiger partial charge on any atom is -0.397 e. The van der Waals surface area contributed by atoms with Gasteiger partial charge in [0.1, 0.15) is 18.2 Å². The van der Waals surface area contributed by atoms with Crippen LogP contribution in [0.4, 0.5) is 26.3 Å². The number of hydrogen-bond acceptors (Lipinski definition) is 5. The van der Waals surface area contributed by atoms with Gasteiger partial charge in [-0.3, -0.25) is 9.18 Å². The van der Waals surface area contributed by atoms with Gasteiger partial charge in [0.05, 0.1) is 25.1 Å². The molecule has 5 nitrogen and oxygen atoms in total. The van der Waals surface area contributed by atoms with Crippen LogP contribution in [0.1, 0.15) is 12.0 Å². The van der Waals surface area contributed by atoms with Crippen molar-refractivity contribution in [1.82, 2.24) is 9.80 Å². The summed E-state index contributed by atoms with van der Waals surface area (Å²) in [6.45, 7) is 2.27. The smallest absolute Gasteiger partial charge is 0.397 e. The molecule has 0 radical (unpaired) electrons. The van der Waals surface area contributed by atoms with Crippen molar-refractivity contribution in [2.24, 2.45) is 11.5 Å². The molecule has 4 N–H and O–H groups in total. The maximum Gasteiger partial charge on any atom is 0.405 e. The molecule has 0 saturated carbocycles. The van der Waals surface area contributed by atoms with Crippen molar-refractivity contribution in [3.8, 4) is 0 Å². The second kappa shape index (κ2) is 13.3. The Kier molecular flexibility index (Phi) is 11.5. The fourth-order valence-corrected chi connectivity index (χ4v) is 3.55. The Bertz CT molecular complexity index is 919. The van der Waals surface area contributed by atoms with E-state index in [0.717, 1.165) is 23.1 Å². The van der Waals surface area contributed by atoms with E-state index in [1.165, 1.54) is 16.4 Å². The summed E-state index contributed by atoms with van der Waals surface area (Å²) in [5, 5.41) is 1.35. The van der Waals surface area contributed by atoms with E-state index in [9.17, 15) is 31.1 Å². The van der Waals surface area contributed by atoms with Gasteiger partial charge < -0.3 is 21.3 Å². The number of rotatable bonds is 7. The van der Waals surface area contributed by atoms with Gasteiger partial charge in [-0.15, -0.1) is 0 Å². The average Bonchev–Trinajstić information content (AvgIpc) is 2.76. The molecule has 1 atom stereocenters. The monoisotopic (exact) mass is 510 g/mol. The van der Waals surface area contributed by atoms with Gasteiger partial charge in [0.2, 0.25) is 5.91 Å². The third kappa shape index (κ3) is 8.98. The number of alkyl halides is 4. The molecule has 0 spiro atoms. The molecule has 1 aliphatic heterocycles. The number of allylic oxidation sites excluding steroid dienone is 1. The highest BCUT2D eigenvalue weighted by Gasteiger charge is 2.36. The van der Waals surface area contributed by atoms with Crippen LogP contribution in [-0.4, -0.2) is 61.3 Å². The predicted octanol–water partition coefficient (Wildman–Crippen LogP) is 3.69. The first kappa shape index (κ1) is 29.4. The van der Waals surface area contributed by atoms with Crippen LogP contribution in [0.5, 0.6) is 0 Å². The van der Waals surface area contributed by atoms with Gasteiger partial charge in [-0.2, -0.15) is 25.8 Å². The van der Waals surface area contributed by atoms with Crippen LogP contribution in [0.2, 0.25) is 0 Å². The van der Waals surface area contributed by atoms with Crippen molar-refractivity contribution in [2.45, 2.75) is 25.1 Å². The van der Waals surface area contributed by atoms with Crippen molar-refractivity contribution in [3.05, 3.63) is 70.4 Å². The lowest BCUT2D eigenvalue weighted by molar-refractivity contribution is -0.146. The van der Waals surface area contributed by atoms with Crippen molar-refractivity contribution in [1.29, 1.82) is 0 Å². The molecule has 34 heavy (non-hydrogen) atoms. The van der Waals surface area contributed by atoms with Crippen molar-refractivity contribution in [3.63, 3.8) is 0 Å². The summed E-state index contributed by atoms with van der Waals surface area (Å²) in [5.74, 6) is -1.69. The second-order valence-corrected chi connectivity index (χ2v) is 7.76. The minimum absolute atomic E-state index is 0.0168. The minimum atomic E-state index is -4.46. The van der Waals surface area contributed by atoms with Crippen LogP contribution in [-0.2, 0) is 11.2 Å². The van der Waals surface area contributed by atoms with Gasteiger partial charge >= 0.3 is 6.18 Å². The van der Waals surface area contributed by atoms with Crippen LogP contribution in [0.3, 0.4) is 0 Å². The summed E-state index contributed by atoms with van der Waals surface area (Å²) in [4.78, 5) is 15.1. The first-order valence-electron chi connectivity index (χ1n) is 10.1. The van der Waals surface area contributed by atoms with Crippen LogP contribution in [0.25, 0.3) is 0 Å². The molecule has 2 rings (SSSR count). The summed E-state index contributed by atoms with van der Waals surface area (Å²) in [5.41, 5.74) is 12.4. The number of benzene rings is 1. The van der Waals surface area contributed by atoms with E-state index in [0.29, 0.717) is 7.18 Å². The lowest BCUT2D eigenvalue weighted by Gasteiger charge is -2.39. The van der Waals surface area contributed by atoms with E-state index < -0.39 is 36.3 Å². The first-order chi connectivity index (χ1) is 15.9. The molecule has 1 aromatic carbocycles. The standard InChI is InChI=1S/C21H25F5N4OS.CH3F/c1-13(4-7-32)20(28)18-11-29(5-6-30(18)12-21(24,25)26)19(31)10-16(27)9-14-8-15(22)2-3-17(14)23;1-2/h2-4,7-8,16,32H,1,5-6,9-12,27-28H2;1H3/b7-4-,20-18-;. The number of nitrogens with zero attached hydrogens (tertiary/aromatic N) is 2. The van der Waals surface area contributed by atoms with E-state index >= 15 is 0 Å². The van der Waals surface area contributed by atoms with Crippen molar-refractivity contribution >= 4 is 18.5 Å². The molecule has 1 aromatic rings. The van der Waals surface area contributed by atoms with E-state index in [4.69, 9.17) is 11.5 Å². The number of carbonyl (C=O) groups excluding carboxylic acids is 1. The molecule has 12 heteroatoms. The maximum absolute atomic E-state index is 13.8. The molecule has 1 heterocycles. The maximum atomic E-state index is 13.8. The highest BCUT2D eigenvalue weighted by Crippen LogP contribution is 2.25. The molecule has 1 amide bonds. The Balaban J connectivity index is 0.00000281. The van der Waals surface area contributed by atoms with Crippen LogP contribution in [0.15, 0.2) is 53.2 Å². The predicted molar refractivity (Wildman–Crippen MR) is 122 cm³/mol. The number of hydrogen-bond donors (Lipinski definition) is 3. The summed E-state index contributed by atoms with van der Waals surface area (Å²) >= 11 is 3.91. The van der Waals surface area contributed by atoms with Crippen molar-refractivity contribution in [2.75, 3.05) is 33.4 Å². The topological polar surface area (TPSA) is 75.6 Å². The fraction of sp³-hybridized carbons (Fsp3) is 0.409. The molecule has 1 unspecified atom stereocenters. The largest absolute Gasteiger partial charge is 0.405 e. The number of thiol groups is 1. The Morgan fingerprint density at radius 2 is 1.91 bits per heavy atom. The normalized spacial score (nSPS) is 16.7. The van der Waals surface area contributed by atoms with E-state index in [1.807, 2.05) is 0 Å². The summed E-state index contributed by atoms with van der Waals surface area (Å²) < 4.78 is 75.7. The molecule has 1 fully saturated rings. The Morgan fingerprint density at radius 1 is 1.26 bits per heavy atom. The summed E-state index contributed by atoms with van der Waals surface area (Å²) in [7, 11) is 0.500. The Hall–Kier alpha value is -2.60. The quantitative estimate of drug-likeness (QED) is 0.297. The Morgan fingerprint density at radius 3 is 2.50 bits per heavy atom. The zero-order chi connectivity index (χ0) is 26.1. The van der Waals surface area contributed by atoms with Crippen LogP contribution in [0, 0.1) is 11.6 Å². The van der Waals surface area contributed by atoms with Gasteiger partial charge in [-0.25, -0.2) is 8.78 Å². The third-order valence-electron chi connectivity index (χ3n) is 4.94. The zero-order valence-corrected chi connectivity index (χ0v) is 19.5. The van der Waals surface area contributed by atoms with Crippen LogP contribution < -0.4 is 11.5 Å². The number of nitrogens with two attached hydrogens (primary N) is 2. The van der Waals surface area contributed by atoms with E-state index in [-0.39, 0.29) is 55.0 Å². The molecular weight excluding hydrogens is 482 g/mol. The molecular formula is C22H28F6N4OS. The second-order valence-electron chi connectivity index (χ2n) is 7.46. The molecule has 0 aromatic heterocycles. The lowest BCUT2D eigenvalue weighted by atomic mass is 10.0. The number of halogens is 6. The molecule has 0 bridgehead atoms. The zero-order valence-electron chi connectivity index (χ0n) is 18.6. The number of carbonyl (C=O) groups is 1. The third-order valence-corrected chi connectivity index (χ3v) is 5.09. The molecule has 0 aliphatic carbocycles. The fourth-order valence-electron chi connectivity index (χ4n) is 3.37. The van der Waals surface area contributed by atoms with Gasteiger partial charge in [0.15, 0.2) is 0 Å². The Labute approximate surface area is 200 Å².